The van der Waals surface area contributed by atoms with E-state index in [0.29, 0.717) is 0 Å². The second kappa shape index (κ2) is 4.53. The number of nitrogens with zero attached hydrogens (tertiary/aromatic N) is 3. The van der Waals surface area contributed by atoms with E-state index >= 15 is 0 Å². The molecule has 0 amide bonds. The molecule has 0 spiro atoms. The number of benzene rings is 2. The second-order valence-electron chi connectivity index (χ2n) is 5.13. The molecule has 0 saturated carbocycles. The number of esters is 1. The van der Waals surface area contributed by atoms with Crippen LogP contribution in [0, 0.1) is 0 Å². The maximum absolute atomic E-state index is 12.8. The van der Waals surface area contributed by atoms with E-state index in [2.05, 4.69) is 10.1 Å². The van der Waals surface area contributed by atoms with Crippen molar-refractivity contribution in [3.8, 4) is 11.1 Å². The lowest BCUT2D eigenvalue weighted by atomic mass is 9.87. The van der Waals surface area contributed by atoms with Crippen molar-refractivity contribution in [2.24, 2.45) is 0 Å². The molecule has 2 aromatic carbocycles. The van der Waals surface area contributed by atoms with Crippen LogP contribution in [0.4, 0.5) is 0 Å². The molecule has 1 aromatic heterocycles. The maximum Gasteiger partial charge on any atom is 0.343 e. The normalized spacial score (nSPS) is 14.2. The smallest absolute Gasteiger partial charge is 0.343 e. The van der Waals surface area contributed by atoms with E-state index in [9.17, 15) is 4.79 Å². The summed E-state index contributed by atoms with van der Waals surface area (Å²) < 4.78 is 6.72. The van der Waals surface area contributed by atoms with Crippen molar-refractivity contribution in [2.45, 2.75) is 5.54 Å². The molecule has 0 N–H and O–H groups in total. The molecule has 4 rings (SSSR count). The van der Waals surface area contributed by atoms with E-state index in [1.165, 1.54) is 13.4 Å². The van der Waals surface area contributed by atoms with Gasteiger partial charge in [-0.25, -0.2) is 14.5 Å². The van der Waals surface area contributed by atoms with Gasteiger partial charge >= 0.3 is 5.97 Å². The molecule has 3 aromatic rings. The van der Waals surface area contributed by atoms with Crippen molar-refractivity contribution in [3.63, 3.8) is 0 Å². The monoisotopic (exact) mass is 291 g/mol. The lowest BCUT2D eigenvalue weighted by Gasteiger charge is -2.28. The van der Waals surface area contributed by atoms with Crippen LogP contribution in [-0.2, 0) is 15.1 Å². The Labute approximate surface area is 127 Å². The highest BCUT2D eigenvalue weighted by Crippen LogP contribution is 2.49. The van der Waals surface area contributed by atoms with Gasteiger partial charge in [0.1, 0.15) is 12.7 Å². The average molecular weight is 291 g/mol. The van der Waals surface area contributed by atoms with Crippen LogP contribution < -0.4 is 0 Å². The Morgan fingerprint density at radius 1 is 1.05 bits per heavy atom. The van der Waals surface area contributed by atoms with Crippen LogP contribution in [0.5, 0.6) is 0 Å². The van der Waals surface area contributed by atoms with Gasteiger partial charge in [-0.3, -0.25) is 0 Å². The molecule has 1 aliphatic rings. The van der Waals surface area contributed by atoms with Crippen molar-refractivity contribution in [2.75, 3.05) is 7.11 Å². The molecule has 5 heteroatoms. The van der Waals surface area contributed by atoms with Gasteiger partial charge in [-0.15, -0.1) is 0 Å². The van der Waals surface area contributed by atoms with Crippen LogP contribution in [-0.4, -0.2) is 27.8 Å². The van der Waals surface area contributed by atoms with E-state index in [4.69, 9.17) is 4.74 Å². The number of hydrogen-bond acceptors (Lipinski definition) is 4. The number of carbonyl (C=O) groups is 1. The van der Waals surface area contributed by atoms with Gasteiger partial charge in [-0.05, 0) is 11.1 Å². The summed E-state index contributed by atoms with van der Waals surface area (Å²) in [6, 6.07) is 15.7. The Bertz CT molecular complexity index is 810. The fourth-order valence-corrected chi connectivity index (χ4v) is 3.30. The Balaban J connectivity index is 2.17. The van der Waals surface area contributed by atoms with Crippen LogP contribution in [0.1, 0.15) is 11.1 Å². The maximum atomic E-state index is 12.8. The van der Waals surface area contributed by atoms with Gasteiger partial charge in [0, 0.05) is 11.1 Å². The summed E-state index contributed by atoms with van der Waals surface area (Å²) in [7, 11) is 1.39. The van der Waals surface area contributed by atoms with Crippen molar-refractivity contribution in [1.82, 2.24) is 14.8 Å². The Morgan fingerprint density at radius 3 is 2.14 bits per heavy atom. The summed E-state index contributed by atoms with van der Waals surface area (Å²) in [4.78, 5) is 16.9. The number of fused-ring (bicyclic) bond motifs is 3. The number of carbonyl (C=O) groups excluding carboxylic acids is 1. The van der Waals surface area contributed by atoms with Crippen molar-refractivity contribution in [3.05, 3.63) is 72.3 Å². The highest BCUT2D eigenvalue weighted by Gasteiger charge is 2.52. The first-order valence-corrected chi connectivity index (χ1v) is 6.93. The minimum Gasteiger partial charge on any atom is -0.467 e. The standard InChI is InChI=1S/C17H13N3O2/c1-22-16(21)17(20-11-18-10-19-20)14-8-4-2-6-12(14)13-7-3-5-9-15(13)17/h2-11H,1H3. The van der Waals surface area contributed by atoms with E-state index in [1.807, 2.05) is 48.5 Å². The molecule has 0 unspecified atom stereocenters. The topological polar surface area (TPSA) is 57.0 Å². The third-order valence-electron chi connectivity index (χ3n) is 4.17. The molecule has 22 heavy (non-hydrogen) atoms. The summed E-state index contributed by atoms with van der Waals surface area (Å²) in [6.45, 7) is 0. The molecule has 1 heterocycles. The number of methoxy groups -OCH3 is 1. The van der Waals surface area contributed by atoms with Crippen molar-refractivity contribution >= 4 is 5.97 Å². The van der Waals surface area contributed by atoms with Crippen LogP contribution in [0.2, 0.25) is 0 Å². The first-order valence-electron chi connectivity index (χ1n) is 6.93. The highest BCUT2D eigenvalue weighted by molar-refractivity contribution is 5.97. The van der Waals surface area contributed by atoms with Gasteiger partial charge in [0.25, 0.3) is 0 Å². The van der Waals surface area contributed by atoms with Gasteiger partial charge in [-0.1, -0.05) is 48.5 Å². The van der Waals surface area contributed by atoms with Crippen LogP contribution in [0.3, 0.4) is 0 Å². The third kappa shape index (κ3) is 1.40. The predicted molar refractivity (Wildman–Crippen MR) is 80.1 cm³/mol. The minimum atomic E-state index is -1.13. The molecule has 0 bridgehead atoms. The molecule has 0 saturated heterocycles. The van der Waals surface area contributed by atoms with Gasteiger partial charge in [0.15, 0.2) is 0 Å². The molecule has 108 valence electrons. The Hall–Kier alpha value is -2.95. The van der Waals surface area contributed by atoms with E-state index in [-0.39, 0.29) is 5.97 Å². The molecule has 5 nitrogen and oxygen atoms in total. The van der Waals surface area contributed by atoms with E-state index < -0.39 is 5.54 Å². The largest absolute Gasteiger partial charge is 0.467 e. The number of hydrogen-bond donors (Lipinski definition) is 0. The molecular formula is C17H13N3O2. The van der Waals surface area contributed by atoms with Crippen molar-refractivity contribution < 1.29 is 9.53 Å². The molecule has 0 radical (unpaired) electrons. The quantitative estimate of drug-likeness (QED) is 0.679. The molecule has 0 fully saturated rings. The molecular weight excluding hydrogens is 278 g/mol. The summed E-state index contributed by atoms with van der Waals surface area (Å²) in [5, 5.41) is 4.24. The van der Waals surface area contributed by atoms with E-state index in [1.54, 1.807) is 11.0 Å². The summed E-state index contributed by atoms with van der Waals surface area (Å²) >= 11 is 0. The fraction of sp³-hybridized carbons (Fsp3) is 0.118. The van der Waals surface area contributed by atoms with Gasteiger partial charge in [-0.2, -0.15) is 5.10 Å². The SMILES string of the molecule is COC(=O)C1(n2cncn2)c2ccccc2-c2ccccc21. The minimum absolute atomic E-state index is 0.379. The van der Waals surface area contributed by atoms with Crippen LogP contribution in [0.15, 0.2) is 61.2 Å². The first kappa shape index (κ1) is 12.8. The Kier molecular flexibility index (Phi) is 2.63. The van der Waals surface area contributed by atoms with Crippen LogP contribution in [0.25, 0.3) is 11.1 Å². The second-order valence-corrected chi connectivity index (χ2v) is 5.13. The Morgan fingerprint density at radius 2 is 1.64 bits per heavy atom. The van der Waals surface area contributed by atoms with Gasteiger partial charge in [0.05, 0.1) is 7.11 Å². The van der Waals surface area contributed by atoms with Crippen LogP contribution >= 0.6 is 0 Å². The summed E-state index contributed by atoms with van der Waals surface area (Å²) in [5.41, 5.74) is 2.61. The fourth-order valence-electron chi connectivity index (χ4n) is 3.30. The highest BCUT2D eigenvalue weighted by atomic mass is 16.5. The lowest BCUT2D eigenvalue weighted by molar-refractivity contribution is -0.147. The zero-order valence-corrected chi connectivity index (χ0v) is 11.9. The molecule has 0 atom stereocenters. The van der Waals surface area contributed by atoms with Crippen molar-refractivity contribution in [1.29, 1.82) is 0 Å². The van der Waals surface area contributed by atoms with Gasteiger partial charge in [0.2, 0.25) is 5.54 Å². The zero-order valence-electron chi connectivity index (χ0n) is 11.9. The zero-order chi connectivity index (χ0) is 15.2. The lowest BCUT2D eigenvalue weighted by Crippen LogP contribution is -2.43. The average Bonchev–Trinajstić information content (AvgIpc) is 3.19. The van der Waals surface area contributed by atoms with E-state index in [0.717, 1.165) is 22.3 Å². The number of rotatable bonds is 2. The van der Waals surface area contributed by atoms with Gasteiger partial charge < -0.3 is 4.74 Å². The molecule has 0 aliphatic heterocycles. The predicted octanol–water partition coefficient (Wildman–Crippen LogP) is 2.22. The number of aromatic nitrogens is 3. The summed E-state index contributed by atoms with van der Waals surface area (Å²) in [6.07, 6.45) is 2.98. The molecule has 1 aliphatic carbocycles. The summed E-state index contributed by atoms with van der Waals surface area (Å²) in [5.74, 6) is -0.379. The first-order chi connectivity index (χ1) is 10.8. The third-order valence-corrected chi connectivity index (χ3v) is 4.17. The number of ether oxygens (including phenoxy) is 1.